The molecule has 1 unspecified atom stereocenters. The Labute approximate surface area is 106 Å². The fraction of sp³-hybridized carbons (Fsp3) is 0.357. The molecule has 0 amide bonds. The van der Waals surface area contributed by atoms with Crippen LogP contribution < -0.4 is 10.6 Å². The SMILES string of the molecule is CC1CN(c2ccnc3c(N)cccc23)CCO1. The molecule has 2 N–H and O–H groups in total. The molecule has 94 valence electrons. The second-order valence-electron chi connectivity index (χ2n) is 4.70. The van der Waals surface area contributed by atoms with Crippen molar-refractivity contribution in [3.63, 3.8) is 0 Å². The molecule has 1 aliphatic rings. The number of ether oxygens (including phenoxy) is 1. The lowest BCUT2D eigenvalue weighted by molar-refractivity contribution is 0.0533. The third kappa shape index (κ3) is 1.88. The Morgan fingerprint density at radius 3 is 3.11 bits per heavy atom. The number of nitrogen functional groups attached to an aromatic ring is 1. The number of aromatic nitrogens is 1. The van der Waals surface area contributed by atoms with Crippen molar-refractivity contribution < 1.29 is 4.74 Å². The first kappa shape index (κ1) is 11.3. The van der Waals surface area contributed by atoms with Gasteiger partial charge in [-0.2, -0.15) is 0 Å². The van der Waals surface area contributed by atoms with Gasteiger partial charge in [-0.3, -0.25) is 4.98 Å². The number of morpholine rings is 1. The lowest BCUT2D eigenvalue weighted by Gasteiger charge is -2.33. The van der Waals surface area contributed by atoms with Crippen LogP contribution in [0.5, 0.6) is 0 Å². The maximum atomic E-state index is 5.98. The van der Waals surface area contributed by atoms with E-state index < -0.39 is 0 Å². The Morgan fingerprint density at radius 2 is 2.28 bits per heavy atom. The normalized spacial score (nSPS) is 20.3. The number of pyridine rings is 1. The lowest BCUT2D eigenvalue weighted by atomic mass is 10.1. The minimum Gasteiger partial charge on any atom is -0.397 e. The third-order valence-electron chi connectivity index (χ3n) is 3.36. The maximum Gasteiger partial charge on any atom is 0.0951 e. The summed E-state index contributed by atoms with van der Waals surface area (Å²) in [6.07, 6.45) is 2.09. The molecular formula is C14H17N3O. The van der Waals surface area contributed by atoms with Gasteiger partial charge in [-0.15, -0.1) is 0 Å². The second-order valence-corrected chi connectivity index (χ2v) is 4.70. The van der Waals surface area contributed by atoms with Crippen molar-refractivity contribution in [1.82, 2.24) is 4.98 Å². The van der Waals surface area contributed by atoms with Crippen LogP contribution in [0.2, 0.25) is 0 Å². The highest BCUT2D eigenvalue weighted by atomic mass is 16.5. The van der Waals surface area contributed by atoms with Gasteiger partial charge in [0.2, 0.25) is 0 Å². The van der Waals surface area contributed by atoms with Crippen LogP contribution in [0.1, 0.15) is 6.92 Å². The average Bonchev–Trinajstić information content (AvgIpc) is 2.39. The summed E-state index contributed by atoms with van der Waals surface area (Å²) >= 11 is 0. The van der Waals surface area contributed by atoms with Gasteiger partial charge in [0, 0.05) is 30.4 Å². The Morgan fingerprint density at radius 1 is 1.39 bits per heavy atom. The molecule has 3 rings (SSSR count). The summed E-state index contributed by atoms with van der Waals surface area (Å²) < 4.78 is 5.58. The van der Waals surface area contributed by atoms with E-state index in [1.54, 1.807) is 0 Å². The summed E-state index contributed by atoms with van der Waals surface area (Å²) in [4.78, 5) is 6.72. The number of nitrogens with zero attached hydrogens (tertiary/aromatic N) is 2. The summed E-state index contributed by atoms with van der Waals surface area (Å²) in [5, 5.41) is 1.12. The summed E-state index contributed by atoms with van der Waals surface area (Å²) in [5.74, 6) is 0. The molecule has 0 saturated carbocycles. The van der Waals surface area contributed by atoms with Gasteiger partial charge < -0.3 is 15.4 Å². The molecule has 0 bridgehead atoms. The van der Waals surface area contributed by atoms with Crippen LogP contribution in [-0.2, 0) is 4.74 Å². The molecular weight excluding hydrogens is 226 g/mol. The summed E-state index contributed by atoms with van der Waals surface area (Å²) in [5.41, 5.74) is 8.79. The van der Waals surface area contributed by atoms with E-state index in [-0.39, 0.29) is 6.10 Å². The zero-order valence-corrected chi connectivity index (χ0v) is 10.5. The number of fused-ring (bicyclic) bond motifs is 1. The van der Waals surface area contributed by atoms with Crippen molar-refractivity contribution >= 4 is 22.3 Å². The molecule has 0 aliphatic carbocycles. The van der Waals surface area contributed by atoms with Gasteiger partial charge in [-0.25, -0.2) is 0 Å². The predicted molar refractivity (Wildman–Crippen MR) is 73.8 cm³/mol. The lowest BCUT2D eigenvalue weighted by Crippen LogP contribution is -2.41. The van der Waals surface area contributed by atoms with E-state index in [0.717, 1.165) is 36.3 Å². The van der Waals surface area contributed by atoms with E-state index >= 15 is 0 Å². The fourth-order valence-electron chi connectivity index (χ4n) is 2.50. The largest absolute Gasteiger partial charge is 0.397 e. The van der Waals surface area contributed by atoms with Gasteiger partial charge in [-0.05, 0) is 19.1 Å². The Bertz CT molecular complexity index is 570. The van der Waals surface area contributed by atoms with Gasteiger partial charge in [0.15, 0.2) is 0 Å². The van der Waals surface area contributed by atoms with Crippen LogP contribution in [0.3, 0.4) is 0 Å². The van der Waals surface area contributed by atoms with E-state index in [4.69, 9.17) is 10.5 Å². The highest BCUT2D eigenvalue weighted by molar-refractivity contribution is 5.98. The van der Waals surface area contributed by atoms with Crippen molar-refractivity contribution in [1.29, 1.82) is 0 Å². The number of anilines is 2. The maximum absolute atomic E-state index is 5.98. The minimum absolute atomic E-state index is 0.267. The summed E-state index contributed by atoms with van der Waals surface area (Å²) in [6.45, 7) is 4.70. The quantitative estimate of drug-likeness (QED) is 0.779. The highest BCUT2D eigenvalue weighted by Crippen LogP contribution is 2.29. The van der Waals surface area contributed by atoms with Crippen LogP contribution >= 0.6 is 0 Å². The molecule has 18 heavy (non-hydrogen) atoms. The minimum atomic E-state index is 0.267. The Balaban J connectivity index is 2.09. The molecule has 2 aromatic rings. The van der Waals surface area contributed by atoms with Gasteiger partial charge in [0.1, 0.15) is 0 Å². The molecule has 0 radical (unpaired) electrons. The molecule has 1 aromatic carbocycles. The van der Waals surface area contributed by atoms with Gasteiger partial charge >= 0.3 is 0 Å². The van der Waals surface area contributed by atoms with Crippen LogP contribution in [0.15, 0.2) is 30.5 Å². The van der Waals surface area contributed by atoms with E-state index in [9.17, 15) is 0 Å². The van der Waals surface area contributed by atoms with Crippen molar-refractivity contribution in [2.24, 2.45) is 0 Å². The summed E-state index contributed by atoms with van der Waals surface area (Å²) in [7, 11) is 0. The van der Waals surface area contributed by atoms with Crippen molar-refractivity contribution in [2.75, 3.05) is 30.3 Å². The Kier molecular flexibility index (Phi) is 2.80. The van der Waals surface area contributed by atoms with Crippen LogP contribution in [-0.4, -0.2) is 30.8 Å². The number of benzene rings is 1. The average molecular weight is 243 g/mol. The molecule has 4 heteroatoms. The van der Waals surface area contributed by atoms with Gasteiger partial charge in [-0.1, -0.05) is 12.1 Å². The van der Waals surface area contributed by atoms with E-state index in [2.05, 4.69) is 28.9 Å². The van der Waals surface area contributed by atoms with E-state index in [1.165, 1.54) is 5.69 Å². The molecule has 1 saturated heterocycles. The molecule has 1 aromatic heterocycles. The van der Waals surface area contributed by atoms with Crippen LogP contribution in [0, 0.1) is 0 Å². The number of para-hydroxylation sites is 1. The topological polar surface area (TPSA) is 51.4 Å². The summed E-state index contributed by atoms with van der Waals surface area (Å²) in [6, 6.07) is 8.00. The molecule has 2 heterocycles. The number of rotatable bonds is 1. The van der Waals surface area contributed by atoms with Crippen molar-refractivity contribution in [3.8, 4) is 0 Å². The Hall–Kier alpha value is -1.81. The second kappa shape index (κ2) is 4.46. The zero-order chi connectivity index (χ0) is 12.5. The number of hydrogen-bond donors (Lipinski definition) is 1. The predicted octanol–water partition coefficient (Wildman–Crippen LogP) is 2.04. The first-order valence-electron chi connectivity index (χ1n) is 6.25. The van der Waals surface area contributed by atoms with Crippen LogP contribution in [0.25, 0.3) is 10.9 Å². The smallest absolute Gasteiger partial charge is 0.0951 e. The van der Waals surface area contributed by atoms with Gasteiger partial charge in [0.05, 0.1) is 23.9 Å². The van der Waals surface area contributed by atoms with Crippen LogP contribution in [0.4, 0.5) is 11.4 Å². The van der Waals surface area contributed by atoms with E-state index in [1.807, 2.05) is 18.3 Å². The third-order valence-corrected chi connectivity index (χ3v) is 3.36. The molecule has 1 aliphatic heterocycles. The zero-order valence-electron chi connectivity index (χ0n) is 10.5. The molecule has 4 nitrogen and oxygen atoms in total. The first-order chi connectivity index (χ1) is 8.75. The number of nitrogens with two attached hydrogens (primary N) is 1. The van der Waals surface area contributed by atoms with Crippen molar-refractivity contribution in [3.05, 3.63) is 30.5 Å². The monoisotopic (exact) mass is 243 g/mol. The van der Waals surface area contributed by atoms with Crippen molar-refractivity contribution in [2.45, 2.75) is 13.0 Å². The fourth-order valence-corrected chi connectivity index (χ4v) is 2.50. The highest BCUT2D eigenvalue weighted by Gasteiger charge is 2.19. The standard InChI is InChI=1S/C14H17N3O/c1-10-9-17(7-8-18-10)13-5-6-16-14-11(13)3-2-4-12(14)15/h2-6,10H,7-9,15H2,1H3. The molecule has 0 spiro atoms. The first-order valence-corrected chi connectivity index (χ1v) is 6.25. The van der Waals surface area contributed by atoms with Gasteiger partial charge in [0.25, 0.3) is 0 Å². The molecule has 1 atom stereocenters. The molecule has 1 fully saturated rings. The van der Waals surface area contributed by atoms with E-state index in [0.29, 0.717) is 0 Å². The number of hydrogen-bond acceptors (Lipinski definition) is 4.